The molecule has 0 fully saturated rings. The quantitative estimate of drug-likeness (QED) is 0.933. The topological polar surface area (TPSA) is 38.3 Å². The Morgan fingerprint density at radius 1 is 1.25 bits per heavy atom. The first-order valence-electron chi connectivity index (χ1n) is 5.62. The molecule has 0 unspecified atom stereocenters. The van der Waals surface area contributed by atoms with Crippen molar-refractivity contribution in [3.05, 3.63) is 58.6 Å². The van der Waals surface area contributed by atoms with Crippen molar-refractivity contribution in [3.63, 3.8) is 0 Å². The van der Waals surface area contributed by atoms with E-state index in [9.17, 15) is 13.6 Å². The van der Waals surface area contributed by atoms with Crippen molar-refractivity contribution in [2.45, 2.75) is 0 Å². The number of carbonyl (C=O) groups is 1. The van der Waals surface area contributed by atoms with Crippen molar-refractivity contribution in [3.8, 4) is 5.75 Å². The Kier molecular flexibility index (Phi) is 4.20. The molecule has 1 N–H and O–H groups in total. The zero-order valence-corrected chi connectivity index (χ0v) is 11.2. The van der Waals surface area contributed by atoms with Crippen LogP contribution in [0, 0.1) is 11.6 Å². The third-order valence-corrected chi connectivity index (χ3v) is 2.84. The number of rotatable bonds is 3. The number of benzene rings is 2. The maximum absolute atomic E-state index is 13.5. The molecule has 2 aromatic carbocycles. The second kappa shape index (κ2) is 5.88. The molecule has 0 aliphatic carbocycles. The highest BCUT2D eigenvalue weighted by molar-refractivity contribution is 6.31. The van der Waals surface area contributed by atoms with Crippen molar-refractivity contribution in [1.82, 2.24) is 0 Å². The van der Waals surface area contributed by atoms with E-state index in [1.54, 1.807) is 12.1 Å². The number of amides is 1. The minimum Gasteiger partial charge on any atom is -0.495 e. The summed E-state index contributed by atoms with van der Waals surface area (Å²) in [5.41, 5.74) is -0.124. The number of anilines is 1. The van der Waals surface area contributed by atoms with Gasteiger partial charge in [-0.25, -0.2) is 8.78 Å². The summed E-state index contributed by atoms with van der Waals surface area (Å²) in [6.07, 6.45) is 0. The third kappa shape index (κ3) is 2.88. The van der Waals surface area contributed by atoms with Gasteiger partial charge in [0.1, 0.15) is 5.75 Å². The molecule has 2 rings (SSSR count). The summed E-state index contributed by atoms with van der Waals surface area (Å²) in [5.74, 6) is -2.72. The monoisotopic (exact) mass is 297 g/mol. The number of hydrogen-bond acceptors (Lipinski definition) is 2. The van der Waals surface area contributed by atoms with Gasteiger partial charge in [-0.1, -0.05) is 17.7 Å². The molecule has 0 saturated carbocycles. The van der Waals surface area contributed by atoms with Crippen molar-refractivity contribution >= 4 is 23.2 Å². The average Bonchev–Trinajstić information content (AvgIpc) is 2.42. The summed E-state index contributed by atoms with van der Waals surface area (Å²) in [6, 6.07) is 7.97. The van der Waals surface area contributed by atoms with Crippen LogP contribution in [0.15, 0.2) is 36.4 Å². The fourth-order valence-electron chi connectivity index (χ4n) is 1.65. The molecule has 2 aromatic rings. The Morgan fingerprint density at radius 2 is 2.00 bits per heavy atom. The summed E-state index contributed by atoms with van der Waals surface area (Å²) in [6.45, 7) is 0. The molecule has 0 radical (unpaired) electrons. The lowest BCUT2D eigenvalue weighted by Gasteiger charge is -2.11. The molecule has 0 atom stereocenters. The summed E-state index contributed by atoms with van der Waals surface area (Å²) < 4.78 is 31.7. The standard InChI is InChI=1S/C14H10ClF2NO2/c1-20-12-6-5-8(15)7-11(12)18-14(19)9-3-2-4-10(16)13(9)17/h2-7H,1H3,(H,18,19). The van der Waals surface area contributed by atoms with Gasteiger partial charge in [-0.05, 0) is 30.3 Å². The van der Waals surface area contributed by atoms with E-state index in [0.717, 1.165) is 6.07 Å². The molecule has 0 spiro atoms. The predicted octanol–water partition coefficient (Wildman–Crippen LogP) is 3.88. The highest BCUT2D eigenvalue weighted by atomic mass is 35.5. The lowest BCUT2D eigenvalue weighted by atomic mass is 10.2. The van der Waals surface area contributed by atoms with Gasteiger partial charge in [0.15, 0.2) is 11.6 Å². The first kappa shape index (κ1) is 14.3. The van der Waals surface area contributed by atoms with Gasteiger partial charge in [-0.15, -0.1) is 0 Å². The van der Waals surface area contributed by atoms with Gasteiger partial charge in [-0.3, -0.25) is 4.79 Å². The molecule has 0 aliphatic heterocycles. The highest BCUT2D eigenvalue weighted by Crippen LogP contribution is 2.28. The van der Waals surface area contributed by atoms with E-state index >= 15 is 0 Å². The lowest BCUT2D eigenvalue weighted by Crippen LogP contribution is -2.15. The van der Waals surface area contributed by atoms with Crippen molar-refractivity contribution in [1.29, 1.82) is 0 Å². The first-order valence-corrected chi connectivity index (χ1v) is 5.99. The smallest absolute Gasteiger partial charge is 0.258 e. The molecular weight excluding hydrogens is 288 g/mol. The second-order valence-electron chi connectivity index (χ2n) is 3.90. The van der Waals surface area contributed by atoms with Gasteiger partial charge in [0.2, 0.25) is 0 Å². The van der Waals surface area contributed by atoms with Crippen molar-refractivity contribution in [2.75, 3.05) is 12.4 Å². The largest absolute Gasteiger partial charge is 0.495 e. The summed E-state index contributed by atoms with van der Waals surface area (Å²) >= 11 is 5.82. The van der Waals surface area contributed by atoms with E-state index in [-0.39, 0.29) is 5.69 Å². The van der Waals surface area contributed by atoms with E-state index in [1.165, 1.54) is 25.3 Å². The Morgan fingerprint density at radius 3 is 2.70 bits per heavy atom. The Hall–Kier alpha value is -2.14. The van der Waals surface area contributed by atoms with Crippen LogP contribution >= 0.6 is 11.6 Å². The predicted molar refractivity (Wildman–Crippen MR) is 72.3 cm³/mol. The zero-order chi connectivity index (χ0) is 14.7. The van der Waals surface area contributed by atoms with E-state index in [4.69, 9.17) is 16.3 Å². The second-order valence-corrected chi connectivity index (χ2v) is 4.34. The molecule has 104 valence electrons. The third-order valence-electron chi connectivity index (χ3n) is 2.61. The van der Waals surface area contributed by atoms with E-state index in [2.05, 4.69) is 5.32 Å². The maximum atomic E-state index is 13.5. The molecule has 3 nitrogen and oxygen atoms in total. The van der Waals surface area contributed by atoms with E-state index in [0.29, 0.717) is 10.8 Å². The van der Waals surface area contributed by atoms with Crippen LogP contribution in [0.25, 0.3) is 0 Å². The summed E-state index contributed by atoms with van der Waals surface area (Å²) in [5, 5.41) is 2.81. The van der Waals surface area contributed by atoms with Gasteiger partial charge >= 0.3 is 0 Å². The van der Waals surface area contributed by atoms with Gasteiger partial charge in [-0.2, -0.15) is 0 Å². The van der Waals surface area contributed by atoms with Crippen LogP contribution in [-0.2, 0) is 0 Å². The zero-order valence-electron chi connectivity index (χ0n) is 10.4. The molecule has 0 aliphatic rings. The van der Waals surface area contributed by atoms with Gasteiger partial charge in [0, 0.05) is 5.02 Å². The number of halogens is 3. The Balaban J connectivity index is 2.32. The fourth-order valence-corrected chi connectivity index (χ4v) is 1.82. The molecule has 0 saturated heterocycles. The van der Waals surface area contributed by atoms with Crippen LogP contribution in [0.4, 0.5) is 14.5 Å². The van der Waals surface area contributed by atoms with Crippen LogP contribution in [0.1, 0.15) is 10.4 Å². The van der Waals surface area contributed by atoms with E-state index < -0.39 is 23.1 Å². The molecule has 0 heterocycles. The van der Waals surface area contributed by atoms with Crippen LogP contribution in [-0.4, -0.2) is 13.0 Å². The van der Waals surface area contributed by atoms with Crippen LogP contribution in [0.3, 0.4) is 0 Å². The number of carbonyl (C=O) groups excluding carboxylic acids is 1. The molecular formula is C14H10ClF2NO2. The Labute approximate surface area is 119 Å². The fraction of sp³-hybridized carbons (Fsp3) is 0.0714. The SMILES string of the molecule is COc1ccc(Cl)cc1NC(=O)c1cccc(F)c1F. The van der Waals surface area contributed by atoms with Gasteiger partial charge in [0.05, 0.1) is 18.4 Å². The molecule has 20 heavy (non-hydrogen) atoms. The molecule has 0 aromatic heterocycles. The Bertz CT molecular complexity index is 662. The van der Waals surface area contributed by atoms with Crippen LogP contribution in [0.2, 0.25) is 5.02 Å². The normalized spacial score (nSPS) is 10.2. The number of nitrogens with one attached hydrogen (secondary N) is 1. The minimum absolute atomic E-state index is 0.272. The van der Waals surface area contributed by atoms with Crippen molar-refractivity contribution < 1.29 is 18.3 Å². The maximum Gasteiger partial charge on any atom is 0.258 e. The number of methoxy groups -OCH3 is 1. The first-order chi connectivity index (χ1) is 9.52. The summed E-state index contributed by atoms with van der Waals surface area (Å²) in [4.78, 5) is 12.0. The van der Waals surface area contributed by atoms with Crippen LogP contribution < -0.4 is 10.1 Å². The molecule has 6 heteroatoms. The highest BCUT2D eigenvalue weighted by Gasteiger charge is 2.16. The molecule has 0 bridgehead atoms. The lowest BCUT2D eigenvalue weighted by molar-refractivity contribution is 0.102. The van der Waals surface area contributed by atoms with E-state index in [1.807, 2.05) is 0 Å². The summed E-state index contributed by atoms with van der Waals surface area (Å²) in [7, 11) is 1.42. The van der Waals surface area contributed by atoms with Crippen molar-refractivity contribution in [2.24, 2.45) is 0 Å². The van der Waals surface area contributed by atoms with Gasteiger partial charge < -0.3 is 10.1 Å². The van der Waals surface area contributed by atoms with Gasteiger partial charge in [0.25, 0.3) is 5.91 Å². The number of hydrogen-bond donors (Lipinski definition) is 1. The molecule has 1 amide bonds. The average molecular weight is 298 g/mol. The number of ether oxygens (including phenoxy) is 1. The minimum atomic E-state index is -1.20. The van der Waals surface area contributed by atoms with Crippen LogP contribution in [0.5, 0.6) is 5.75 Å².